The molecule has 0 spiro atoms. The Kier molecular flexibility index (Phi) is 3.78. The molecular formula is C18H18N2O3. The maximum Gasteiger partial charge on any atom is 0.230 e. The first-order valence-corrected chi connectivity index (χ1v) is 7.39. The Labute approximate surface area is 133 Å². The highest BCUT2D eigenvalue weighted by Crippen LogP contribution is 2.25. The minimum atomic E-state index is -0.251. The third-order valence-corrected chi connectivity index (χ3v) is 3.92. The second-order valence-electron chi connectivity index (χ2n) is 5.81. The number of nitrogens with one attached hydrogen (secondary N) is 1. The van der Waals surface area contributed by atoms with Crippen LogP contribution in [0.15, 0.2) is 34.9 Å². The summed E-state index contributed by atoms with van der Waals surface area (Å²) in [5.41, 5.74) is 4.86. The SMILES string of the molecule is Cc1ccc(O)c(NC(=O)Cc2noc3cc(C)c(C)cc23)c1. The van der Waals surface area contributed by atoms with Gasteiger partial charge in [0, 0.05) is 5.39 Å². The smallest absolute Gasteiger partial charge is 0.230 e. The van der Waals surface area contributed by atoms with Gasteiger partial charge in [-0.1, -0.05) is 11.2 Å². The van der Waals surface area contributed by atoms with Crippen LogP contribution in [0, 0.1) is 20.8 Å². The molecule has 0 saturated carbocycles. The first-order valence-electron chi connectivity index (χ1n) is 7.39. The number of hydrogen-bond donors (Lipinski definition) is 2. The molecule has 118 valence electrons. The molecule has 0 aliphatic carbocycles. The predicted molar refractivity (Wildman–Crippen MR) is 88.7 cm³/mol. The van der Waals surface area contributed by atoms with Gasteiger partial charge in [-0.05, 0) is 61.7 Å². The van der Waals surface area contributed by atoms with E-state index in [1.807, 2.05) is 32.9 Å². The number of phenolic OH excluding ortho intramolecular Hbond substituents is 1. The summed E-state index contributed by atoms with van der Waals surface area (Å²) < 4.78 is 5.30. The van der Waals surface area contributed by atoms with Gasteiger partial charge in [0.05, 0.1) is 12.1 Å². The lowest BCUT2D eigenvalue weighted by atomic mass is 10.1. The molecule has 0 aliphatic heterocycles. The van der Waals surface area contributed by atoms with E-state index in [4.69, 9.17) is 4.52 Å². The van der Waals surface area contributed by atoms with E-state index in [2.05, 4.69) is 10.5 Å². The first kappa shape index (κ1) is 15.1. The molecule has 1 aromatic heterocycles. The summed E-state index contributed by atoms with van der Waals surface area (Å²) in [5.74, 6) is -0.209. The number of benzene rings is 2. The maximum atomic E-state index is 12.2. The van der Waals surface area contributed by atoms with Gasteiger partial charge in [-0.25, -0.2) is 0 Å². The number of carbonyl (C=O) groups excluding carboxylic acids is 1. The van der Waals surface area contributed by atoms with E-state index in [9.17, 15) is 9.90 Å². The molecule has 0 bridgehead atoms. The number of fused-ring (bicyclic) bond motifs is 1. The van der Waals surface area contributed by atoms with E-state index in [0.29, 0.717) is 17.0 Å². The quantitative estimate of drug-likeness (QED) is 0.724. The van der Waals surface area contributed by atoms with Crippen molar-refractivity contribution in [2.75, 3.05) is 5.32 Å². The zero-order chi connectivity index (χ0) is 16.6. The average molecular weight is 310 g/mol. The van der Waals surface area contributed by atoms with Gasteiger partial charge in [-0.3, -0.25) is 4.79 Å². The van der Waals surface area contributed by atoms with Crippen LogP contribution < -0.4 is 5.32 Å². The van der Waals surface area contributed by atoms with E-state index in [1.165, 1.54) is 0 Å². The number of hydrogen-bond acceptors (Lipinski definition) is 4. The third-order valence-electron chi connectivity index (χ3n) is 3.92. The molecule has 0 radical (unpaired) electrons. The van der Waals surface area contributed by atoms with Crippen LogP contribution in [0.5, 0.6) is 5.75 Å². The van der Waals surface area contributed by atoms with E-state index < -0.39 is 0 Å². The van der Waals surface area contributed by atoms with Crippen LogP contribution in [0.2, 0.25) is 0 Å². The number of phenols is 1. The molecule has 3 rings (SSSR count). The Bertz CT molecular complexity index is 897. The molecule has 0 unspecified atom stereocenters. The highest BCUT2D eigenvalue weighted by molar-refractivity contribution is 5.96. The standard InChI is InChI=1S/C18H18N2O3/c1-10-4-5-16(21)15(6-10)19-18(22)9-14-13-7-11(2)12(3)8-17(13)23-20-14/h4-8,21H,9H2,1-3H3,(H,19,22). The van der Waals surface area contributed by atoms with Gasteiger partial charge in [0.2, 0.25) is 5.91 Å². The number of aryl methyl sites for hydroxylation is 3. The van der Waals surface area contributed by atoms with Gasteiger partial charge in [0.25, 0.3) is 0 Å². The molecule has 23 heavy (non-hydrogen) atoms. The summed E-state index contributed by atoms with van der Waals surface area (Å²) in [4.78, 5) is 12.2. The average Bonchev–Trinajstić information content (AvgIpc) is 2.85. The van der Waals surface area contributed by atoms with E-state index in [-0.39, 0.29) is 18.1 Å². The Morgan fingerprint density at radius 1 is 1.17 bits per heavy atom. The van der Waals surface area contributed by atoms with Crippen molar-refractivity contribution in [2.45, 2.75) is 27.2 Å². The van der Waals surface area contributed by atoms with Crippen LogP contribution >= 0.6 is 0 Å². The summed E-state index contributed by atoms with van der Waals surface area (Å²) in [6.07, 6.45) is 0.0862. The molecule has 5 heteroatoms. The zero-order valence-corrected chi connectivity index (χ0v) is 13.3. The molecule has 3 aromatic rings. The van der Waals surface area contributed by atoms with Crippen LogP contribution in [0.3, 0.4) is 0 Å². The Morgan fingerprint density at radius 3 is 2.70 bits per heavy atom. The van der Waals surface area contributed by atoms with Gasteiger partial charge in [-0.15, -0.1) is 0 Å². The lowest BCUT2D eigenvalue weighted by molar-refractivity contribution is -0.115. The predicted octanol–water partition coefficient (Wildman–Crippen LogP) is 3.64. The normalized spacial score (nSPS) is 10.9. The van der Waals surface area contributed by atoms with Crippen molar-refractivity contribution in [1.29, 1.82) is 0 Å². The molecule has 0 aliphatic rings. The van der Waals surface area contributed by atoms with Gasteiger partial charge in [0.15, 0.2) is 5.58 Å². The minimum absolute atomic E-state index is 0.0421. The highest BCUT2D eigenvalue weighted by atomic mass is 16.5. The summed E-state index contributed by atoms with van der Waals surface area (Å²) in [5, 5.41) is 17.4. The van der Waals surface area contributed by atoms with Gasteiger partial charge < -0.3 is 14.9 Å². The van der Waals surface area contributed by atoms with Crippen molar-refractivity contribution in [3.8, 4) is 5.75 Å². The van der Waals surface area contributed by atoms with Gasteiger partial charge in [-0.2, -0.15) is 0 Å². The molecule has 0 fully saturated rings. The fourth-order valence-electron chi connectivity index (χ4n) is 2.47. The van der Waals surface area contributed by atoms with Crippen molar-refractivity contribution in [1.82, 2.24) is 5.16 Å². The number of carbonyl (C=O) groups is 1. The number of aromatic nitrogens is 1. The zero-order valence-electron chi connectivity index (χ0n) is 13.3. The van der Waals surface area contributed by atoms with Crippen LogP contribution in [0.4, 0.5) is 5.69 Å². The lowest BCUT2D eigenvalue weighted by Gasteiger charge is -2.07. The molecule has 0 atom stereocenters. The molecule has 0 saturated heterocycles. The van der Waals surface area contributed by atoms with E-state index in [0.717, 1.165) is 22.1 Å². The Hall–Kier alpha value is -2.82. The third kappa shape index (κ3) is 3.04. The fourth-order valence-corrected chi connectivity index (χ4v) is 2.47. The molecule has 1 amide bonds. The summed E-state index contributed by atoms with van der Waals surface area (Å²) >= 11 is 0. The van der Waals surface area contributed by atoms with Crippen LogP contribution in [0.25, 0.3) is 11.0 Å². The lowest BCUT2D eigenvalue weighted by Crippen LogP contribution is -2.15. The van der Waals surface area contributed by atoms with Crippen LogP contribution in [-0.4, -0.2) is 16.2 Å². The van der Waals surface area contributed by atoms with Crippen LogP contribution in [-0.2, 0) is 11.2 Å². The second kappa shape index (κ2) is 5.76. The largest absolute Gasteiger partial charge is 0.506 e. The monoisotopic (exact) mass is 310 g/mol. The van der Waals surface area contributed by atoms with E-state index >= 15 is 0 Å². The van der Waals surface area contributed by atoms with Gasteiger partial charge in [0.1, 0.15) is 11.4 Å². The van der Waals surface area contributed by atoms with Crippen molar-refractivity contribution in [2.24, 2.45) is 0 Å². The van der Waals surface area contributed by atoms with Crippen molar-refractivity contribution in [3.63, 3.8) is 0 Å². The summed E-state index contributed by atoms with van der Waals surface area (Å²) in [6, 6.07) is 8.96. The van der Waals surface area contributed by atoms with Gasteiger partial charge >= 0.3 is 0 Å². The number of aromatic hydroxyl groups is 1. The Balaban J connectivity index is 1.83. The molecule has 5 nitrogen and oxygen atoms in total. The topological polar surface area (TPSA) is 75.4 Å². The molecule has 2 aromatic carbocycles. The van der Waals surface area contributed by atoms with Crippen molar-refractivity contribution in [3.05, 3.63) is 52.7 Å². The summed E-state index contributed by atoms with van der Waals surface area (Å²) in [6.45, 7) is 5.91. The number of amides is 1. The van der Waals surface area contributed by atoms with Crippen LogP contribution in [0.1, 0.15) is 22.4 Å². The molecular weight excluding hydrogens is 292 g/mol. The Morgan fingerprint density at radius 2 is 1.91 bits per heavy atom. The fraction of sp³-hybridized carbons (Fsp3) is 0.222. The maximum absolute atomic E-state index is 12.2. The minimum Gasteiger partial charge on any atom is -0.506 e. The first-order chi connectivity index (χ1) is 10.9. The molecule has 2 N–H and O–H groups in total. The number of rotatable bonds is 3. The van der Waals surface area contributed by atoms with Crippen molar-refractivity contribution < 1.29 is 14.4 Å². The highest BCUT2D eigenvalue weighted by Gasteiger charge is 2.14. The molecule has 1 heterocycles. The second-order valence-corrected chi connectivity index (χ2v) is 5.81. The summed E-state index contributed by atoms with van der Waals surface area (Å²) in [7, 11) is 0. The number of nitrogens with zero attached hydrogens (tertiary/aromatic N) is 1. The van der Waals surface area contributed by atoms with E-state index in [1.54, 1.807) is 18.2 Å². The van der Waals surface area contributed by atoms with Crippen molar-refractivity contribution >= 4 is 22.6 Å². The number of anilines is 1.